The highest BCUT2D eigenvalue weighted by molar-refractivity contribution is 7.94. The van der Waals surface area contributed by atoms with Crippen LogP contribution in [-0.4, -0.2) is 41.1 Å². The highest BCUT2D eigenvalue weighted by Gasteiger charge is 2.45. The van der Waals surface area contributed by atoms with Gasteiger partial charge in [-0.25, -0.2) is 13.6 Å². The van der Waals surface area contributed by atoms with Gasteiger partial charge < -0.3 is 9.64 Å². The first-order chi connectivity index (χ1) is 15.0. The lowest BCUT2D eigenvalue weighted by Gasteiger charge is -2.16. The first-order valence-electron chi connectivity index (χ1n) is 10.1. The molecule has 1 saturated carbocycles. The maximum atomic E-state index is 13.7. The average Bonchev–Trinajstić information content (AvgIpc) is 3.57. The summed E-state index contributed by atoms with van der Waals surface area (Å²) in [5.41, 5.74) is -3.74. The molecule has 10 heteroatoms. The number of aliphatic imine (C=N–C) groups is 1. The SMILES string of the molecule is CCN(C)C=Nc1cc(C)c(Oc2cccc(S(=O)(=NCC3CC3)C(F)(F)F)c2)cc1Cl. The molecule has 1 fully saturated rings. The lowest BCUT2D eigenvalue weighted by molar-refractivity contribution is -0.0404. The molecule has 0 spiro atoms. The third kappa shape index (κ3) is 5.75. The summed E-state index contributed by atoms with van der Waals surface area (Å²) in [4.78, 5) is 5.80. The zero-order valence-electron chi connectivity index (χ0n) is 18.0. The molecule has 32 heavy (non-hydrogen) atoms. The van der Waals surface area contributed by atoms with Crippen molar-refractivity contribution in [1.29, 1.82) is 0 Å². The number of alkyl halides is 3. The molecular formula is C22H25ClF3N3O2S. The molecule has 1 unspecified atom stereocenters. The van der Waals surface area contributed by atoms with Crippen LogP contribution >= 0.6 is 11.6 Å². The quantitative estimate of drug-likeness (QED) is 0.303. The summed E-state index contributed by atoms with van der Waals surface area (Å²) >= 11 is 6.31. The number of aryl methyl sites for hydroxylation is 1. The Bertz CT molecular complexity index is 1120. The van der Waals surface area contributed by atoms with Gasteiger partial charge in [-0.05, 0) is 62.4 Å². The first-order valence-corrected chi connectivity index (χ1v) is 12.0. The van der Waals surface area contributed by atoms with E-state index in [4.69, 9.17) is 16.3 Å². The Morgan fingerprint density at radius 3 is 2.62 bits per heavy atom. The summed E-state index contributed by atoms with van der Waals surface area (Å²) in [7, 11) is -2.72. The van der Waals surface area contributed by atoms with Crippen molar-refractivity contribution in [3.8, 4) is 11.5 Å². The third-order valence-electron chi connectivity index (χ3n) is 5.02. The molecule has 2 aromatic rings. The van der Waals surface area contributed by atoms with E-state index < -0.39 is 20.1 Å². The van der Waals surface area contributed by atoms with E-state index in [0.717, 1.165) is 25.5 Å². The molecule has 2 aromatic carbocycles. The summed E-state index contributed by atoms with van der Waals surface area (Å²) < 4.78 is 63.3. The summed E-state index contributed by atoms with van der Waals surface area (Å²) in [6, 6.07) is 8.45. The van der Waals surface area contributed by atoms with Crippen LogP contribution in [-0.2, 0) is 9.73 Å². The highest BCUT2D eigenvalue weighted by atomic mass is 35.5. The lowest BCUT2D eigenvalue weighted by atomic mass is 10.2. The Kier molecular flexibility index (Phi) is 7.39. The van der Waals surface area contributed by atoms with Crippen molar-refractivity contribution >= 4 is 33.4 Å². The second kappa shape index (κ2) is 9.70. The van der Waals surface area contributed by atoms with E-state index in [1.54, 1.807) is 25.4 Å². The van der Waals surface area contributed by atoms with E-state index in [9.17, 15) is 17.4 Å². The Labute approximate surface area is 191 Å². The zero-order chi connectivity index (χ0) is 23.5. The van der Waals surface area contributed by atoms with Gasteiger partial charge in [-0.1, -0.05) is 17.7 Å². The zero-order valence-corrected chi connectivity index (χ0v) is 19.6. The summed E-state index contributed by atoms with van der Waals surface area (Å²) in [6.45, 7) is 4.49. The number of benzene rings is 2. The number of ether oxygens (including phenoxy) is 1. The van der Waals surface area contributed by atoms with E-state index in [1.165, 1.54) is 18.2 Å². The maximum Gasteiger partial charge on any atom is 0.483 e. The van der Waals surface area contributed by atoms with Crippen LogP contribution in [0.4, 0.5) is 18.9 Å². The van der Waals surface area contributed by atoms with Gasteiger partial charge in [0.15, 0.2) is 9.73 Å². The summed E-state index contributed by atoms with van der Waals surface area (Å²) in [5.74, 6) is 0.561. The molecule has 3 rings (SSSR count). The molecule has 0 bridgehead atoms. The Morgan fingerprint density at radius 2 is 2.00 bits per heavy atom. The summed E-state index contributed by atoms with van der Waals surface area (Å²) in [5, 5.41) is 0.334. The predicted octanol–water partition coefficient (Wildman–Crippen LogP) is 6.81. The van der Waals surface area contributed by atoms with Gasteiger partial charge in [-0.15, -0.1) is 0 Å². The molecule has 0 heterocycles. The van der Waals surface area contributed by atoms with Crippen LogP contribution in [0, 0.1) is 12.8 Å². The van der Waals surface area contributed by atoms with Crippen LogP contribution < -0.4 is 4.74 Å². The van der Waals surface area contributed by atoms with Crippen LogP contribution in [0.3, 0.4) is 0 Å². The largest absolute Gasteiger partial charge is 0.483 e. The van der Waals surface area contributed by atoms with Gasteiger partial charge in [0.2, 0.25) is 0 Å². The minimum Gasteiger partial charge on any atom is -0.457 e. The molecule has 0 aromatic heterocycles. The van der Waals surface area contributed by atoms with Gasteiger partial charge in [0, 0.05) is 19.7 Å². The minimum absolute atomic E-state index is 0.0622. The first kappa shape index (κ1) is 24.4. The van der Waals surface area contributed by atoms with Gasteiger partial charge in [-0.3, -0.25) is 0 Å². The Morgan fingerprint density at radius 1 is 1.28 bits per heavy atom. The Balaban J connectivity index is 1.90. The van der Waals surface area contributed by atoms with Crippen LogP contribution in [0.2, 0.25) is 5.02 Å². The molecule has 0 radical (unpaired) electrons. The topological polar surface area (TPSA) is 54.3 Å². The van der Waals surface area contributed by atoms with Crippen LogP contribution in [0.1, 0.15) is 25.3 Å². The second-order valence-corrected chi connectivity index (χ2v) is 10.3. The van der Waals surface area contributed by atoms with Crippen molar-refractivity contribution in [2.24, 2.45) is 15.3 Å². The molecule has 1 aliphatic rings. The van der Waals surface area contributed by atoms with Crippen LogP contribution in [0.5, 0.6) is 11.5 Å². The van der Waals surface area contributed by atoms with E-state index in [1.807, 2.05) is 18.9 Å². The second-order valence-electron chi connectivity index (χ2n) is 7.69. The number of rotatable bonds is 8. The van der Waals surface area contributed by atoms with Crippen molar-refractivity contribution in [2.75, 3.05) is 20.1 Å². The third-order valence-corrected chi connectivity index (χ3v) is 7.35. The molecule has 0 saturated heterocycles. The maximum absolute atomic E-state index is 13.7. The van der Waals surface area contributed by atoms with Gasteiger partial charge in [0.1, 0.15) is 11.5 Å². The molecule has 0 aliphatic heterocycles. The fraction of sp³-hybridized carbons (Fsp3) is 0.409. The normalized spacial score (nSPS) is 16.1. The van der Waals surface area contributed by atoms with E-state index in [-0.39, 0.29) is 18.2 Å². The smallest absolute Gasteiger partial charge is 0.457 e. The van der Waals surface area contributed by atoms with Gasteiger partial charge >= 0.3 is 5.51 Å². The number of hydrogen-bond acceptors (Lipinski definition) is 4. The molecule has 1 atom stereocenters. The molecule has 0 amide bonds. The molecule has 0 N–H and O–H groups in total. The van der Waals surface area contributed by atoms with Crippen molar-refractivity contribution in [3.05, 3.63) is 47.0 Å². The molecule has 174 valence electrons. The molecule has 1 aliphatic carbocycles. The van der Waals surface area contributed by atoms with Gasteiger partial charge in [0.05, 0.1) is 28.5 Å². The fourth-order valence-electron chi connectivity index (χ4n) is 2.73. The van der Waals surface area contributed by atoms with E-state index in [0.29, 0.717) is 22.0 Å². The molecular weight excluding hydrogens is 463 g/mol. The standard InChI is InChI=1S/C22H25ClF3N3O2S/c1-4-29(3)14-27-20-10-15(2)21(12-19(20)23)31-17-6-5-7-18(11-17)32(30,22(24,25)26)28-13-16-8-9-16/h5-7,10-12,14,16H,4,8-9,13H2,1-3H3. The average molecular weight is 488 g/mol. The van der Waals surface area contributed by atoms with Crippen molar-refractivity contribution < 1.29 is 22.1 Å². The van der Waals surface area contributed by atoms with Gasteiger partial charge in [0.25, 0.3) is 0 Å². The van der Waals surface area contributed by atoms with E-state index >= 15 is 0 Å². The number of halogens is 4. The van der Waals surface area contributed by atoms with Crippen LogP contribution in [0.15, 0.2) is 50.6 Å². The fourth-order valence-corrected chi connectivity index (χ4v) is 4.45. The van der Waals surface area contributed by atoms with Crippen molar-refractivity contribution in [1.82, 2.24) is 4.90 Å². The minimum atomic E-state index is -4.98. The molecule has 5 nitrogen and oxygen atoms in total. The highest BCUT2D eigenvalue weighted by Crippen LogP contribution is 2.38. The predicted molar refractivity (Wildman–Crippen MR) is 122 cm³/mol. The number of hydrogen-bond donors (Lipinski definition) is 0. The van der Waals surface area contributed by atoms with E-state index in [2.05, 4.69) is 9.36 Å². The van der Waals surface area contributed by atoms with Crippen molar-refractivity contribution in [3.63, 3.8) is 0 Å². The van der Waals surface area contributed by atoms with Crippen molar-refractivity contribution in [2.45, 2.75) is 37.1 Å². The van der Waals surface area contributed by atoms with Crippen LogP contribution in [0.25, 0.3) is 0 Å². The Hall–Kier alpha value is -2.26. The number of nitrogens with zero attached hydrogens (tertiary/aromatic N) is 3. The summed E-state index contributed by atoms with van der Waals surface area (Å²) in [6.07, 6.45) is 3.28. The monoisotopic (exact) mass is 487 g/mol. The van der Waals surface area contributed by atoms with Gasteiger partial charge in [-0.2, -0.15) is 13.2 Å². The lowest BCUT2D eigenvalue weighted by Crippen LogP contribution is -2.23.